The van der Waals surface area contributed by atoms with Gasteiger partial charge in [-0.15, -0.1) is 0 Å². The van der Waals surface area contributed by atoms with Crippen LogP contribution >= 0.6 is 0 Å². The van der Waals surface area contributed by atoms with Gasteiger partial charge < -0.3 is 14.5 Å². The number of hydrogen-bond donors (Lipinski definition) is 1. The SMILES string of the molecule is C=C1CC(C(=O)OC)(C(=O)OC)C[C@H]1[C@@H](c1ccccc1)c1c[nH]c2ccccc12. The number of H-pyrrole nitrogens is 1. The van der Waals surface area contributed by atoms with E-state index in [4.69, 9.17) is 9.47 Å². The lowest BCUT2D eigenvalue weighted by molar-refractivity contribution is -0.168. The Labute approximate surface area is 175 Å². The average molecular weight is 403 g/mol. The number of carbonyl (C=O) groups excluding carboxylic acids is 2. The van der Waals surface area contributed by atoms with Gasteiger partial charge in [-0.3, -0.25) is 9.59 Å². The molecule has 1 aliphatic carbocycles. The standard InChI is InChI=1S/C25H25NO4/c1-16-13-25(23(27)29-2,24(28)30-3)14-19(16)22(17-9-5-4-6-10-17)20-15-26-21-12-8-7-11-18(20)21/h4-12,15,19,22,26H,1,13-14H2,2-3H3/t19-,22-/m1/s1. The van der Waals surface area contributed by atoms with Crippen LogP contribution in [0.15, 0.2) is 72.9 Å². The van der Waals surface area contributed by atoms with E-state index >= 15 is 0 Å². The number of esters is 2. The minimum Gasteiger partial charge on any atom is -0.468 e. The number of nitrogens with one attached hydrogen (secondary N) is 1. The lowest BCUT2D eigenvalue weighted by Crippen LogP contribution is -2.39. The molecule has 2 atom stereocenters. The molecule has 2 aromatic carbocycles. The van der Waals surface area contributed by atoms with E-state index in [1.54, 1.807) is 0 Å². The number of rotatable bonds is 5. The summed E-state index contributed by atoms with van der Waals surface area (Å²) in [5.41, 5.74) is 2.77. The summed E-state index contributed by atoms with van der Waals surface area (Å²) < 4.78 is 10.0. The highest BCUT2D eigenvalue weighted by Gasteiger charge is 2.56. The lowest BCUT2D eigenvalue weighted by Gasteiger charge is -2.27. The van der Waals surface area contributed by atoms with Crippen LogP contribution in [-0.4, -0.2) is 31.1 Å². The maximum Gasteiger partial charge on any atom is 0.323 e. The summed E-state index contributed by atoms with van der Waals surface area (Å²) in [7, 11) is 2.61. The molecule has 0 radical (unpaired) electrons. The number of allylic oxidation sites excluding steroid dienone is 1. The van der Waals surface area contributed by atoms with Crippen molar-refractivity contribution in [2.75, 3.05) is 14.2 Å². The van der Waals surface area contributed by atoms with Crippen molar-refractivity contribution in [3.05, 3.63) is 84.1 Å². The van der Waals surface area contributed by atoms with E-state index in [0.29, 0.717) is 6.42 Å². The molecule has 1 N–H and O–H groups in total. The van der Waals surface area contributed by atoms with Gasteiger partial charge in [-0.25, -0.2) is 0 Å². The molecular weight excluding hydrogens is 378 g/mol. The van der Waals surface area contributed by atoms with Crippen molar-refractivity contribution < 1.29 is 19.1 Å². The van der Waals surface area contributed by atoms with Gasteiger partial charge in [0.2, 0.25) is 0 Å². The molecule has 4 rings (SSSR count). The number of fused-ring (bicyclic) bond motifs is 1. The van der Waals surface area contributed by atoms with Gasteiger partial charge >= 0.3 is 11.9 Å². The van der Waals surface area contributed by atoms with Crippen molar-refractivity contribution in [2.45, 2.75) is 18.8 Å². The van der Waals surface area contributed by atoms with Gasteiger partial charge in [0.15, 0.2) is 5.41 Å². The van der Waals surface area contributed by atoms with E-state index in [1.807, 2.05) is 42.6 Å². The Morgan fingerprint density at radius 3 is 2.33 bits per heavy atom. The van der Waals surface area contributed by atoms with Gasteiger partial charge in [0.1, 0.15) is 0 Å². The molecule has 1 aromatic heterocycles. The Kier molecular flexibility index (Phi) is 5.20. The second-order valence-electron chi connectivity index (χ2n) is 7.89. The number of para-hydroxylation sites is 1. The van der Waals surface area contributed by atoms with Crippen LogP contribution in [0.2, 0.25) is 0 Å². The summed E-state index contributed by atoms with van der Waals surface area (Å²) in [5.74, 6) is -1.32. The van der Waals surface area contributed by atoms with Gasteiger partial charge in [-0.2, -0.15) is 0 Å². The zero-order valence-electron chi connectivity index (χ0n) is 17.2. The number of aromatic nitrogens is 1. The second-order valence-corrected chi connectivity index (χ2v) is 7.89. The molecule has 1 fully saturated rings. The van der Waals surface area contributed by atoms with Gasteiger partial charge in [-0.1, -0.05) is 60.7 Å². The summed E-state index contributed by atoms with van der Waals surface area (Å²) >= 11 is 0. The third-order valence-corrected chi connectivity index (χ3v) is 6.29. The molecule has 0 amide bonds. The first kappa shape index (κ1) is 20.0. The second kappa shape index (κ2) is 7.82. The normalized spacial score (nSPS) is 18.9. The first-order chi connectivity index (χ1) is 14.5. The summed E-state index contributed by atoms with van der Waals surface area (Å²) in [6, 6.07) is 18.3. The molecule has 154 valence electrons. The van der Waals surface area contributed by atoms with E-state index in [2.05, 4.69) is 29.8 Å². The van der Waals surface area contributed by atoms with Crippen LogP contribution in [0, 0.1) is 11.3 Å². The highest BCUT2D eigenvalue weighted by molar-refractivity contribution is 6.01. The molecule has 5 heteroatoms. The third-order valence-electron chi connectivity index (χ3n) is 6.29. The third kappa shape index (κ3) is 3.11. The number of carbonyl (C=O) groups is 2. The summed E-state index contributed by atoms with van der Waals surface area (Å²) in [5, 5.41) is 1.12. The van der Waals surface area contributed by atoms with E-state index in [1.165, 1.54) is 14.2 Å². The fourth-order valence-electron chi connectivity index (χ4n) is 4.89. The maximum absolute atomic E-state index is 12.7. The van der Waals surface area contributed by atoms with Crippen molar-refractivity contribution in [2.24, 2.45) is 11.3 Å². The van der Waals surface area contributed by atoms with Gasteiger partial charge in [0.05, 0.1) is 14.2 Å². The predicted molar refractivity (Wildman–Crippen MR) is 115 cm³/mol. The molecule has 0 unspecified atom stereocenters. The maximum atomic E-state index is 12.7. The molecule has 0 saturated heterocycles. The van der Waals surface area contributed by atoms with E-state index in [0.717, 1.165) is 27.6 Å². The van der Waals surface area contributed by atoms with Crippen LogP contribution < -0.4 is 0 Å². The van der Waals surface area contributed by atoms with Crippen LogP contribution in [0.4, 0.5) is 0 Å². The Hall–Kier alpha value is -3.34. The first-order valence-electron chi connectivity index (χ1n) is 9.97. The Morgan fingerprint density at radius 1 is 1.03 bits per heavy atom. The first-order valence-corrected chi connectivity index (χ1v) is 9.97. The topological polar surface area (TPSA) is 68.4 Å². The van der Waals surface area contributed by atoms with Crippen LogP contribution in [0.25, 0.3) is 10.9 Å². The van der Waals surface area contributed by atoms with Crippen LogP contribution in [0.1, 0.15) is 29.9 Å². The Bertz CT molecular complexity index is 1080. The highest BCUT2D eigenvalue weighted by atomic mass is 16.5. The van der Waals surface area contributed by atoms with Crippen molar-refractivity contribution in [1.82, 2.24) is 4.98 Å². The van der Waals surface area contributed by atoms with Crippen LogP contribution in [-0.2, 0) is 19.1 Å². The minimum atomic E-state index is -1.36. The summed E-state index contributed by atoms with van der Waals surface area (Å²) in [4.78, 5) is 28.8. The molecule has 1 saturated carbocycles. The fourth-order valence-corrected chi connectivity index (χ4v) is 4.89. The van der Waals surface area contributed by atoms with Crippen LogP contribution in [0.5, 0.6) is 0 Å². The average Bonchev–Trinajstić information content (AvgIpc) is 3.36. The smallest absolute Gasteiger partial charge is 0.323 e. The number of ether oxygens (including phenoxy) is 2. The quantitative estimate of drug-likeness (QED) is 0.384. The zero-order chi connectivity index (χ0) is 21.3. The van der Waals surface area contributed by atoms with Gasteiger partial charge in [0.25, 0.3) is 0 Å². The van der Waals surface area contributed by atoms with E-state index in [9.17, 15) is 9.59 Å². The lowest BCUT2D eigenvalue weighted by atomic mass is 9.76. The molecule has 30 heavy (non-hydrogen) atoms. The molecule has 0 aliphatic heterocycles. The Balaban J connectivity index is 1.85. The summed E-state index contributed by atoms with van der Waals surface area (Å²) in [6.45, 7) is 4.27. The summed E-state index contributed by atoms with van der Waals surface area (Å²) in [6.07, 6.45) is 2.54. The van der Waals surface area contributed by atoms with Gasteiger partial charge in [0, 0.05) is 23.0 Å². The van der Waals surface area contributed by atoms with Crippen molar-refractivity contribution in [1.29, 1.82) is 0 Å². The largest absolute Gasteiger partial charge is 0.468 e. The fraction of sp³-hybridized carbons (Fsp3) is 0.280. The van der Waals surface area contributed by atoms with E-state index in [-0.39, 0.29) is 18.3 Å². The molecule has 1 aliphatic rings. The molecule has 0 spiro atoms. The van der Waals surface area contributed by atoms with Crippen molar-refractivity contribution >= 4 is 22.8 Å². The zero-order valence-corrected chi connectivity index (χ0v) is 17.2. The monoisotopic (exact) mass is 403 g/mol. The predicted octanol–water partition coefficient (Wildman–Crippen LogP) is 4.60. The van der Waals surface area contributed by atoms with Crippen LogP contribution in [0.3, 0.4) is 0 Å². The number of aromatic amines is 1. The van der Waals surface area contributed by atoms with Gasteiger partial charge in [-0.05, 0) is 36.0 Å². The molecular formula is C25H25NO4. The molecule has 5 nitrogen and oxygen atoms in total. The minimum absolute atomic E-state index is 0.0639. The molecule has 1 heterocycles. The number of benzene rings is 2. The van der Waals surface area contributed by atoms with Crippen molar-refractivity contribution in [3.8, 4) is 0 Å². The molecule has 3 aromatic rings. The highest BCUT2D eigenvalue weighted by Crippen LogP contribution is 2.53. The van der Waals surface area contributed by atoms with E-state index < -0.39 is 17.4 Å². The molecule has 0 bridgehead atoms. The van der Waals surface area contributed by atoms with Crippen molar-refractivity contribution in [3.63, 3.8) is 0 Å². The number of methoxy groups -OCH3 is 2. The number of hydrogen-bond acceptors (Lipinski definition) is 4. The Morgan fingerprint density at radius 2 is 1.67 bits per heavy atom.